The van der Waals surface area contributed by atoms with E-state index in [1.54, 1.807) is 6.07 Å². The normalized spacial score (nSPS) is 11.9. The number of anilines is 1. The third kappa shape index (κ3) is 4.61. The number of non-ortho nitro benzene ring substituents is 1. The van der Waals surface area contributed by atoms with E-state index in [0.717, 1.165) is 6.20 Å². The zero-order valence-electron chi connectivity index (χ0n) is 11.4. The quantitative estimate of drug-likeness (QED) is 0.307. The number of nitro benzene ring substituents is 1. The van der Waals surface area contributed by atoms with Crippen LogP contribution in [0.3, 0.4) is 0 Å². The van der Waals surface area contributed by atoms with Crippen LogP contribution in [0.4, 0.5) is 11.4 Å². The fraction of sp³-hybridized carbons (Fsp3) is 0.154. The van der Waals surface area contributed by atoms with Crippen LogP contribution < -0.4 is 10.6 Å². The van der Waals surface area contributed by atoms with Crippen molar-refractivity contribution in [2.75, 3.05) is 5.32 Å². The van der Waals surface area contributed by atoms with Gasteiger partial charge in [-0.15, -0.1) is 0 Å². The average molecular weight is 304 g/mol. The van der Waals surface area contributed by atoms with Crippen molar-refractivity contribution >= 4 is 23.3 Å². The lowest BCUT2D eigenvalue weighted by Crippen LogP contribution is -2.30. The number of benzene rings is 1. The van der Waals surface area contributed by atoms with Crippen LogP contribution in [-0.4, -0.2) is 27.9 Å². The molecule has 0 heterocycles. The van der Waals surface area contributed by atoms with Gasteiger partial charge in [-0.05, 0) is 19.1 Å². The molecule has 3 N–H and O–H groups in total. The Kier molecular flexibility index (Phi) is 5.59. The molecule has 114 valence electrons. The van der Waals surface area contributed by atoms with E-state index in [1.807, 2.05) is 0 Å². The number of carboxylic acids is 1. The van der Waals surface area contributed by atoms with Crippen molar-refractivity contribution < 1.29 is 19.6 Å². The van der Waals surface area contributed by atoms with Gasteiger partial charge in [-0.25, -0.2) is 0 Å². The smallest absolute Gasteiger partial charge is 0.325 e. The lowest BCUT2D eigenvalue weighted by atomic mass is 10.2. The Labute approximate surface area is 125 Å². The second kappa shape index (κ2) is 7.39. The van der Waals surface area contributed by atoms with Crippen LogP contribution in [0, 0.1) is 21.4 Å². The first-order valence-corrected chi connectivity index (χ1v) is 6.00. The molecule has 0 spiro atoms. The van der Waals surface area contributed by atoms with Crippen LogP contribution >= 0.6 is 0 Å². The van der Waals surface area contributed by atoms with E-state index in [2.05, 4.69) is 10.6 Å². The lowest BCUT2D eigenvalue weighted by Gasteiger charge is -2.07. The summed E-state index contributed by atoms with van der Waals surface area (Å²) >= 11 is 0. The van der Waals surface area contributed by atoms with Gasteiger partial charge in [0.1, 0.15) is 17.7 Å². The third-order valence-electron chi connectivity index (χ3n) is 2.55. The Morgan fingerprint density at radius 3 is 2.45 bits per heavy atom. The van der Waals surface area contributed by atoms with Gasteiger partial charge in [0.05, 0.1) is 4.92 Å². The van der Waals surface area contributed by atoms with Crippen molar-refractivity contribution in [3.63, 3.8) is 0 Å². The second-order valence-corrected chi connectivity index (χ2v) is 4.15. The van der Waals surface area contributed by atoms with Gasteiger partial charge in [0.25, 0.3) is 11.6 Å². The Morgan fingerprint density at radius 2 is 2.00 bits per heavy atom. The van der Waals surface area contributed by atoms with E-state index >= 15 is 0 Å². The molecule has 0 aliphatic heterocycles. The first-order valence-electron chi connectivity index (χ1n) is 6.00. The molecule has 0 radical (unpaired) electrons. The maximum absolute atomic E-state index is 11.8. The summed E-state index contributed by atoms with van der Waals surface area (Å²) in [4.78, 5) is 32.4. The minimum Gasteiger partial charge on any atom is -0.480 e. The zero-order chi connectivity index (χ0) is 16.7. The fourth-order valence-corrected chi connectivity index (χ4v) is 1.29. The number of nitriles is 1. The number of nitrogens with zero attached hydrogens (tertiary/aromatic N) is 2. The Hall–Kier alpha value is -3.41. The number of hydrogen-bond donors (Lipinski definition) is 3. The highest BCUT2D eigenvalue weighted by atomic mass is 16.6. The van der Waals surface area contributed by atoms with Crippen molar-refractivity contribution in [3.8, 4) is 6.07 Å². The summed E-state index contributed by atoms with van der Waals surface area (Å²) in [6.07, 6.45) is 1.000. The molecule has 1 amide bonds. The van der Waals surface area contributed by atoms with Crippen LogP contribution in [0.5, 0.6) is 0 Å². The van der Waals surface area contributed by atoms with Crippen LogP contribution in [-0.2, 0) is 9.59 Å². The summed E-state index contributed by atoms with van der Waals surface area (Å²) in [6.45, 7) is 1.35. The number of carbonyl (C=O) groups is 2. The number of aliphatic carboxylic acids is 1. The first-order chi connectivity index (χ1) is 10.3. The van der Waals surface area contributed by atoms with Gasteiger partial charge in [-0.3, -0.25) is 19.7 Å². The number of nitrogens with one attached hydrogen (secondary N) is 2. The lowest BCUT2D eigenvalue weighted by molar-refractivity contribution is -0.384. The molecule has 0 aliphatic carbocycles. The summed E-state index contributed by atoms with van der Waals surface area (Å²) < 4.78 is 0. The van der Waals surface area contributed by atoms with Crippen molar-refractivity contribution in [2.45, 2.75) is 13.0 Å². The molecule has 1 atom stereocenters. The van der Waals surface area contributed by atoms with Crippen molar-refractivity contribution in [1.82, 2.24) is 5.32 Å². The van der Waals surface area contributed by atoms with Crippen molar-refractivity contribution in [3.05, 3.63) is 46.2 Å². The second-order valence-electron chi connectivity index (χ2n) is 4.15. The van der Waals surface area contributed by atoms with Gasteiger partial charge in [0, 0.05) is 24.0 Å². The largest absolute Gasteiger partial charge is 0.480 e. The van der Waals surface area contributed by atoms with Gasteiger partial charge in [-0.2, -0.15) is 5.26 Å². The number of carbonyl (C=O) groups excluding carboxylic acids is 1. The highest BCUT2D eigenvalue weighted by Gasteiger charge is 2.13. The van der Waals surface area contributed by atoms with Gasteiger partial charge in [-0.1, -0.05) is 0 Å². The minimum atomic E-state index is -1.13. The van der Waals surface area contributed by atoms with E-state index in [0.29, 0.717) is 0 Å². The highest BCUT2D eigenvalue weighted by Crippen LogP contribution is 2.15. The highest BCUT2D eigenvalue weighted by molar-refractivity contribution is 6.06. The Bertz CT molecular complexity index is 660. The van der Waals surface area contributed by atoms with Crippen LogP contribution in [0.25, 0.3) is 0 Å². The van der Waals surface area contributed by atoms with Gasteiger partial charge >= 0.3 is 5.97 Å². The summed E-state index contributed by atoms with van der Waals surface area (Å²) in [5, 5.41) is 32.8. The molecule has 0 saturated carbocycles. The zero-order valence-corrected chi connectivity index (χ0v) is 11.4. The standard InChI is InChI=1S/C13H12N4O5/c1-8(13(19)20)15-7-9(6-14)12(18)16-10-2-4-11(5-3-10)17(21)22/h2-5,7-8,15H,1H3,(H,16,18)(H,19,20)/b9-7-. The molecular weight excluding hydrogens is 292 g/mol. The van der Waals surface area contributed by atoms with Crippen LogP contribution in [0.15, 0.2) is 36.0 Å². The molecule has 22 heavy (non-hydrogen) atoms. The topological polar surface area (TPSA) is 145 Å². The predicted octanol–water partition coefficient (Wildman–Crippen LogP) is 1.00. The van der Waals surface area contributed by atoms with Crippen molar-refractivity contribution in [1.29, 1.82) is 5.26 Å². The molecule has 0 bridgehead atoms. The molecular formula is C13H12N4O5. The van der Waals surface area contributed by atoms with Crippen molar-refractivity contribution in [2.24, 2.45) is 0 Å². The molecule has 9 heteroatoms. The predicted molar refractivity (Wildman–Crippen MR) is 75.7 cm³/mol. The molecule has 0 aromatic heterocycles. The van der Waals surface area contributed by atoms with E-state index < -0.39 is 22.8 Å². The molecule has 1 rings (SSSR count). The molecule has 0 aliphatic rings. The maximum atomic E-state index is 11.8. The first kappa shape index (κ1) is 16.6. The summed E-state index contributed by atoms with van der Waals surface area (Å²) in [5.74, 6) is -1.90. The molecule has 0 fully saturated rings. The van der Waals surface area contributed by atoms with Crippen LogP contribution in [0.2, 0.25) is 0 Å². The maximum Gasteiger partial charge on any atom is 0.325 e. The summed E-state index contributed by atoms with van der Waals surface area (Å²) in [6, 6.07) is 5.71. The van der Waals surface area contributed by atoms with E-state index in [1.165, 1.54) is 31.2 Å². The number of amides is 1. The van der Waals surface area contributed by atoms with Gasteiger partial charge in [0.2, 0.25) is 0 Å². The Balaban J connectivity index is 2.77. The van der Waals surface area contributed by atoms with Gasteiger partial charge < -0.3 is 15.7 Å². The minimum absolute atomic E-state index is 0.133. The van der Waals surface area contributed by atoms with E-state index in [-0.39, 0.29) is 16.9 Å². The summed E-state index contributed by atoms with van der Waals surface area (Å²) in [5.41, 5.74) is -0.194. The molecule has 9 nitrogen and oxygen atoms in total. The summed E-state index contributed by atoms with van der Waals surface area (Å²) in [7, 11) is 0. The average Bonchev–Trinajstić information content (AvgIpc) is 2.48. The van der Waals surface area contributed by atoms with Gasteiger partial charge in [0.15, 0.2) is 0 Å². The molecule has 1 aromatic rings. The Morgan fingerprint density at radius 1 is 1.41 bits per heavy atom. The SMILES string of the molecule is CC(N/C=C(/C#N)C(=O)Nc1ccc([N+](=O)[O-])cc1)C(=O)O. The molecule has 0 saturated heterocycles. The number of carboxylic acid groups (broad SMARTS) is 1. The molecule has 1 unspecified atom stereocenters. The van der Waals surface area contributed by atoms with E-state index in [4.69, 9.17) is 10.4 Å². The van der Waals surface area contributed by atoms with Crippen LogP contribution in [0.1, 0.15) is 6.92 Å². The number of hydrogen-bond acceptors (Lipinski definition) is 6. The monoisotopic (exact) mass is 304 g/mol. The van der Waals surface area contributed by atoms with E-state index in [9.17, 15) is 19.7 Å². The third-order valence-corrected chi connectivity index (χ3v) is 2.55. The fourth-order valence-electron chi connectivity index (χ4n) is 1.29. The number of rotatable bonds is 6. The molecule has 1 aromatic carbocycles. The number of nitro groups is 1.